The highest BCUT2D eigenvalue weighted by Crippen LogP contribution is 2.28. The van der Waals surface area contributed by atoms with Gasteiger partial charge in [-0.2, -0.15) is 0 Å². The molecule has 0 radical (unpaired) electrons. The number of nitrogens with zero attached hydrogens (tertiary/aromatic N) is 2. The van der Waals surface area contributed by atoms with Gasteiger partial charge in [0, 0.05) is 17.2 Å². The first-order valence-corrected chi connectivity index (χ1v) is 11.1. The van der Waals surface area contributed by atoms with Crippen LogP contribution in [0.2, 0.25) is 5.02 Å². The second-order valence-corrected chi connectivity index (χ2v) is 8.79. The predicted molar refractivity (Wildman–Crippen MR) is 116 cm³/mol. The summed E-state index contributed by atoms with van der Waals surface area (Å²) in [6.07, 6.45) is 0.555. The molecule has 0 atom stereocenters. The molecule has 0 spiro atoms. The van der Waals surface area contributed by atoms with Gasteiger partial charge in [-0.3, -0.25) is 4.79 Å². The van der Waals surface area contributed by atoms with Crippen molar-refractivity contribution >= 4 is 61.9 Å². The van der Waals surface area contributed by atoms with E-state index in [-0.39, 0.29) is 12.2 Å². The largest absolute Gasteiger partial charge is 0.462 e. The van der Waals surface area contributed by atoms with Crippen LogP contribution in [0.3, 0.4) is 0 Å². The van der Waals surface area contributed by atoms with E-state index in [1.165, 1.54) is 23.1 Å². The lowest BCUT2D eigenvalue weighted by molar-refractivity contribution is 0.0531. The fraction of sp³-hybridized carbons (Fsp3) is 0.263. The number of fused-ring (bicyclic) bond motifs is 2. The molecule has 4 rings (SSSR count). The Morgan fingerprint density at radius 2 is 2.14 bits per heavy atom. The van der Waals surface area contributed by atoms with Gasteiger partial charge in [0.2, 0.25) is 0 Å². The van der Waals surface area contributed by atoms with Gasteiger partial charge >= 0.3 is 5.97 Å². The number of H-pyrrole nitrogens is 2. The summed E-state index contributed by atoms with van der Waals surface area (Å²) in [6, 6.07) is 5.50. The number of aromatic nitrogens is 4. The van der Waals surface area contributed by atoms with Crippen LogP contribution in [0.25, 0.3) is 21.3 Å². The number of halogens is 1. The van der Waals surface area contributed by atoms with Gasteiger partial charge in [-0.1, -0.05) is 23.4 Å². The Labute approximate surface area is 178 Å². The van der Waals surface area contributed by atoms with Crippen molar-refractivity contribution in [3.8, 4) is 0 Å². The average molecular weight is 449 g/mol. The van der Waals surface area contributed by atoms with E-state index in [1.54, 1.807) is 19.9 Å². The molecule has 1 aromatic carbocycles. The van der Waals surface area contributed by atoms with Crippen LogP contribution in [0.1, 0.15) is 28.0 Å². The lowest BCUT2D eigenvalue weighted by atomic mass is 10.2. The van der Waals surface area contributed by atoms with E-state index in [1.807, 2.05) is 12.1 Å². The summed E-state index contributed by atoms with van der Waals surface area (Å²) in [6.45, 7) is 3.77. The summed E-state index contributed by atoms with van der Waals surface area (Å²) < 4.78 is 5.06. The number of rotatable bonds is 6. The van der Waals surface area contributed by atoms with Gasteiger partial charge in [0.05, 0.1) is 23.0 Å². The van der Waals surface area contributed by atoms with Gasteiger partial charge in [0.25, 0.3) is 5.56 Å². The van der Waals surface area contributed by atoms with Crippen molar-refractivity contribution in [2.24, 2.45) is 0 Å². The maximum atomic E-state index is 12.5. The molecule has 0 bridgehead atoms. The Bertz CT molecular complexity index is 1280. The summed E-state index contributed by atoms with van der Waals surface area (Å²) >= 11 is 8.73. The van der Waals surface area contributed by atoms with Crippen molar-refractivity contribution in [3.05, 3.63) is 49.8 Å². The molecule has 10 heteroatoms. The lowest BCUT2D eigenvalue weighted by Crippen LogP contribution is -2.12. The Morgan fingerprint density at radius 1 is 1.31 bits per heavy atom. The van der Waals surface area contributed by atoms with Crippen molar-refractivity contribution in [1.82, 2.24) is 19.9 Å². The quantitative estimate of drug-likeness (QED) is 0.336. The highest BCUT2D eigenvalue weighted by molar-refractivity contribution is 7.99. The van der Waals surface area contributed by atoms with Crippen molar-refractivity contribution in [1.29, 1.82) is 0 Å². The summed E-state index contributed by atoms with van der Waals surface area (Å²) in [4.78, 5) is 40.7. The van der Waals surface area contributed by atoms with Crippen LogP contribution in [0.5, 0.6) is 0 Å². The fourth-order valence-electron chi connectivity index (χ4n) is 2.97. The van der Waals surface area contributed by atoms with Crippen LogP contribution in [-0.4, -0.2) is 38.3 Å². The number of thiophene rings is 1. The molecule has 4 aromatic rings. The summed E-state index contributed by atoms with van der Waals surface area (Å²) in [7, 11) is 0. The molecule has 3 aromatic heterocycles. The summed E-state index contributed by atoms with van der Waals surface area (Å²) in [5.41, 5.74) is 2.11. The highest BCUT2D eigenvalue weighted by Gasteiger charge is 2.20. The Balaban J connectivity index is 1.51. The summed E-state index contributed by atoms with van der Waals surface area (Å²) in [5.74, 6) is 0.831. The number of benzene rings is 1. The highest BCUT2D eigenvalue weighted by atomic mass is 35.5. The van der Waals surface area contributed by atoms with Crippen molar-refractivity contribution < 1.29 is 9.53 Å². The number of carbonyl (C=O) groups is 1. The second-order valence-electron chi connectivity index (χ2n) is 6.27. The molecule has 0 aliphatic rings. The third kappa shape index (κ3) is 4.03. The van der Waals surface area contributed by atoms with E-state index in [0.29, 0.717) is 43.7 Å². The zero-order valence-corrected chi connectivity index (χ0v) is 18.1. The Morgan fingerprint density at radius 3 is 2.93 bits per heavy atom. The molecule has 7 nitrogen and oxygen atoms in total. The number of imidazole rings is 1. The zero-order chi connectivity index (χ0) is 20.5. The number of ether oxygens (including phenoxy) is 1. The molecule has 0 aliphatic carbocycles. The van der Waals surface area contributed by atoms with Crippen LogP contribution in [0, 0.1) is 6.92 Å². The first-order valence-electron chi connectivity index (χ1n) is 8.93. The molecule has 150 valence electrons. The van der Waals surface area contributed by atoms with Crippen LogP contribution in [-0.2, 0) is 11.2 Å². The van der Waals surface area contributed by atoms with E-state index < -0.39 is 5.97 Å². The number of esters is 1. The lowest BCUT2D eigenvalue weighted by Gasteiger charge is -2.00. The van der Waals surface area contributed by atoms with Gasteiger partial charge in [-0.05, 0) is 37.6 Å². The van der Waals surface area contributed by atoms with Gasteiger partial charge < -0.3 is 14.7 Å². The predicted octanol–water partition coefficient (Wildman–Crippen LogP) is 4.33. The van der Waals surface area contributed by atoms with Gasteiger partial charge in [-0.15, -0.1) is 11.3 Å². The minimum Gasteiger partial charge on any atom is -0.462 e. The zero-order valence-electron chi connectivity index (χ0n) is 15.7. The number of thioether (sulfide) groups is 1. The van der Waals surface area contributed by atoms with Crippen LogP contribution < -0.4 is 5.56 Å². The first-order chi connectivity index (χ1) is 14.0. The van der Waals surface area contributed by atoms with Crippen LogP contribution >= 0.6 is 34.7 Å². The fourth-order valence-corrected chi connectivity index (χ4v) is 5.07. The molecule has 0 fully saturated rings. The standard InChI is InChI=1S/C19H17ClN4O3S2/c1-3-27-18(26)15-9(2)14-16(25)23-13(24-17(14)29-15)6-7-28-19-21-11-5-4-10(20)8-12(11)22-19/h4-5,8H,3,6-7H2,1-2H3,(H,21,22)(H,23,24,25). The van der Waals surface area contributed by atoms with Crippen LogP contribution in [0.15, 0.2) is 28.2 Å². The first kappa shape index (κ1) is 19.9. The molecule has 29 heavy (non-hydrogen) atoms. The molecule has 2 N–H and O–H groups in total. The molecule has 0 saturated carbocycles. The number of carbonyl (C=O) groups excluding carboxylic acids is 1. The number of hydrogen-bond donors (Lipinski definition) is 2. The number of aryl methyl sites for hydroxylation is 2. The van der Waals surface area contributed by atoms with Gasteiger partial charge in [0.1, 0.15) is 15.5 Å². The van der Waals surface area contributed by atoms with Crippen molar-refractivity contribution in [2.45, 2.75) is 25.4 Å². The number of nitrogens with one attached hydrogen (secondary N) is 2. The molecule has 0 saturated heterocycles. The number of aromatic amines is 2. The van der Waals surface area contributed by atoms with Gasteiger partial charge in [-0.25, -0.2) is 14.8 Å². The Kier molecular flexibility index (Phi) is 5.62. The SMILES string of the molecule is CCOC(=O)c1sc2nc(CCSc3nc4ccc(Cl)cc4[nH]3)[nH]c(=O)c2c1C. The van der Waals surface area contributed by atoms with E-state index in [2.05, 4.69) is 19.9 Å². The molecular weight excluding hydrogens is 432 g/mol. The number of hydrogen-bond acceptors (Lipinski definition) is 7. The topological polar surface area (TPSA) is 101 Å². The third-order valence-electron chi connectivity index (χ3n) is 4.31. The van der Waals surface area contributed by atoms with E-state index in [4.69, 9.17) is 16.3 Å². The van der Waals surface area contributed by atoms with E-state index >= 15 is 0 Å². The molecule has 0 aliphatic heterocycles. The van der Waals surface area contributed by atoms with E-state index in [0.717, 1.165) is 16.2 Å². The van der Waals surface area contributed by atoms with Crippen molar-refractivity contribution in [3.63, 3.8) is 0 Å². The Hall–Kier alpha value is -2.36. The smallest absolute Gasteiger partial charge is 0.348 e. The monoisotopic (exact) mass is 448 g/mol. The van der Waals surface area contributed by atoms with Crippen molar-refractivity contribution in [2.75, 3.05) is 12.4 Å². The molecule has 0 amide bonds. The summed E-state index contributed by atoms with van der Waals surface area (Å²) in [5, 5.41) is 1.88. The molecule has 0 unspecified atom stereocenters. The molecular formula is C19H17ClN4O3S2. The van der Waals surface area contributed by atoms with E-state index in [9.17, 15) is 9.59 Å². The minimum atomic E-state index is -0.422. The maximum Gasteiger partial charge on any atom is 0.348 e. The average Bonchev–Trinajstić information content (AvgIpc) is 3.22. The minimum absolute atomic E-state index is 0.238. The second kappa shape index (κ2) is 8.17. The normalized spacial score (nSPS) is 11.4. The molecule has 3 heterocycles. The van der Waals surface area contributed by atoms with Crippen LogP contribution in [0.4, 0.5) is 0 Å². The maximum absolute atomic E-state index is 12.5. The third-order valence-corrected chi connectivity index (χ3v) is 6.59. The van der Waals surface area contributed by atoms with Gasteiger partial charge in [0.15, 0.2) is 5.16 Å².